The van der Waals surface area contributed by atoms with Crippen LogP contribution in [0.4, 0.5) is 0 Å². The zero-order valence-corrected chi connectivity index (χ0v) is 11.1. The summed E-state index contributed by atoms with van der Waals surface area (Å²) in [6, 6.07) is 9.34. The molecular weight excluding hydrogens is 258 g/mol. The lowest BCUT2D eigenvalue weighted by atomic mass is 10.2. The highest BCUT2D eigenvalue weighted by molar-refractivity contribution is 6.13. The largest absolute Gasteiger partial charge is 0.466 e. The molecule has 1 aromatic rings. The van der Waals surface area contributed by atoms with E-state index in [0.717, 1.165) is 5.56 Å². The van der Waals surface area contributed by atoms with Gasteiger partial charge < -0.3 is 4.74 Å². The summed E-state index contributed by atoms with van der Waals surface area (Å²) in [5.74, 6) is -2.47. The van der Waals surface area contributed by atoms with E-state index in [2.05, 4.69) is 0 Å². The molecule has 0 aromatic heterocycles. The Bertz CT molecular complexity index is 546. The van der Waals surface area contributed by atoms with Gasteiger partial charge in [-0.3, -0.25) is 19.3 Å². The normalized spacial score (nSPS) is 27.4. The number of fused-ring (bicyclic) bond motifs is 1. The van der Waals surface area contributed by atoms with Crippen LogP contribution in [0.25, 0.3) is 0 Å². The second-order valence-electron chi connectivity index (χ2n) is 5.08. The highest BCUT2D eigenvalue weighted by atomic mass is 16.5. The fourth-order valence-electron chi connectivity index (χ4n) is 2.85. The van der Waals surface area contributed by atoms with Gasteiger partial charge in [0.1, 0.15) is 0 Å². The number of carbonyl (C=O) groups is 3. The number of esters is 1. The van der Waals surface area contributed by atoms with E-state index >= 15 is 0 Å². The van der Waals surface area contributed by atoms with E-state index in [0.29, 0.717) is 0 Å². The van der Waals surface area contributed by atoms with Crippen molar-refractivity contribution in [3.8, 4) is 0 Å². The number of hydrogen-bond donors (Lipinski definition) is 0. The molecule has 1 aliphatic carbocycles. The first-order valence-corrected chi connectivity index (χ1v) is 6.71. The van der Waals surface area contributed by atoms with E-state index in [1.165, 1.54) is 4.90 Å². The van der Waals surface area contributed by atoms with Gasteiger partial charge in [0.15, 0.2) is 0 Å². The van der Waals surface area contributed by atoms with Gasteiger partial charge in [0.2, 0.25) is 11.8 Å². The van der Waals surface area contributed by atoms with Crippen molar-refractivity contribution in [2.45, 2.75) is 13.5 Å². The minimum Gasteiger partial charge on any atom is -0.466 e. The molecule has 5 heteroatoms. The molecular formula is C15H15NO4. The molecule has 2 fully saturated rings. The summed E-state index contributed by atoms with van der Waals surface area (Å²) in [6.45, 7) is 2.26. The van der Waals surface area contributed by atoms with Gasteiger partial charge in [-0.25, -0.2) is 0 Å². The summed E-state index contributed by atoms with van der Waals surface area (Å²) >= 11 is 0. The van der Waals surface area contributed by atoms with E-state index in [1.54, 1.807) is 6.92 Å². The first kappa shape index (κ1) is 12.8. The lowest BCUT2D eigenvalue weighted by Crippen LogP contribution is -2.35. The van der Waals surface area contributed by atoms with Gasteiger partial charge in [-0.05, 0) is 12.5 Å². The summed E-state index contributed by atoms with van der Waals surface area (Å²) in [5, 5.41) is 0. The number of carbonyl (C=O) groups excluding carboxylic acids is 3. The number of ether oxygens (including phenoxy) is 1. The average molecular weight is 273 g/mol. The van der Waals surface area contributed by atoms with Crippen LogP contribution < -0.4 is 0 Å². The van der Waals surface area contributed by atoms with Gasteiger partial charge in [-0.2, -0.15) is 0 Å². The van der Waals surface area contributed by atoms with Crippen molar-refractivity contribution in [1.29, 1.82) is 0 Å². The van der Waals surface area contributed by atoms with Crippen molar-refractivity contribution in [2.75, 3.05) is 6.61 Å². The quantitative estimate of drug-likeness (QED) is 0.606. The van der Waals surface area contributed by atoms with Gasteiger partial charge in [0, 0.05) is 0 Å². The van der Waals surface area contributed by atoms with Gasteiger partial charge >= 0.3 is 5.97 Å². The van der Waals surface area contributed by atoms with Crippen LogP contribution in [-0.4, -0.2) is 29.3 Å². The van der Waals surface area contributed by atoms with Crippen molar-refractivity contribution in [3.63, 3.8) is 0 Å². The monoisotopic (exact) mass is 273 g/mol. The van der Waals surface area contributed by atoms with Crippen LogP contribution in [0, 0.1) is 17.8 Å². The van der Waals surface area contributed by atoms with Crippen LogP contribution in [0.2, 0.25) is 0 Å². The molecule has 1 saturated carbocycles. The zero-order valence-electron chi connectivity index (χ0n) is 11.1. The highest BCUT2D eigenvalue weighted by Crippen LogP contribution is 2.54. The number of hydrogen-bond acceptors (Lipinski definition) is 4. The molecule has 0 radical (unpaired) electrons. The van der Waals surface area contributed by atoms with E-state index < -0.39 is 23.7 Å². The molecule has 1 saturated heterocycles. The SMILES string of the molecule is CCOC(=O)C1[C@H]2C(=O)N(Cc3ccccc3)C(=O)[C@H]12. The summed E-state index contributed by atoms with van der Waals surface area (Å²) in [7, 11) is 0. The second kappa shape index (κ2) is 4.74. The van der Waals surface area contributed by atoms with Crippen LogP contribution >= 0.6 is 0 Å². The Morgan fingerprint density at radius 2 is 1.75 bits per heavy atom. The molecule has 2 aliphatic rings. The molecule has 1 aromatic carbocycles. The molecule has 1 heterocycles. The number of benzene rings is 1. The molecule has 2 amide bonds. The van der Waals surface area contributed by atoms with Crippen LogP contribution in [0.3, 0.4) is 0 Å². The van der Waals surface area contributed by atoms with E-state index in [1.807, 2.05) is 30.3 Å². The minimum atomic E-state index is -0.554. The van der Waals surface area contributed by atoms with Crippen LogP contribution in [0.1, 0.15) is 12.5 Å². The molecule has 1 aliphatic heterocycles. The van der Waals surface area contributed by atoms with Crippen molar-refractivity contribution >= 4 is 17.8 Å². The Labute approximate surface area is 116 Å². The number of nitrogens with zero attached hydrogens (tertiary/aromatic N) is 1. The Morgan fingerprint density at radius 3 is 2.30 bits per heavy atom. The molecule has 20 heavy (non-hydrogen) atoms. The predicted octanol–water partition coefficient (Wildman–Crippen LogP) is 0.981. The smallest absolute Gasteiger partial charge is 0.310 e. The third-order valence-corrected chi connectivity index (χ3v) is 3.86. The standard InChI is InChI=1S/C15H15NO4/c1-2-20-15(19)12-10-11(12)14(18)16(13(10)17)8-9-6-4-3-5-7-9/h3-7,10-12H,2,8H2,1H3/t10-,11-/m0/s1. The third kappa shape index (κ3) is 1.90. The predicted molar refractivity (Wildman–Crippen MR) is 69.1 cm³/mol. The Kier molecular flexibility index (Phi) is 3.04. The van der Waals surface area contributed by atoms with Crippen LogP contribution in [0.15, 0.2) is 30.3 Å². The maximum atomic E-state index is 12.2. The summed E-state index contributed by atoms with van der Waals surface area (Å²) in [4.78, 5) is 37.2. The van der Waals surface area contributed by atoms with E-state index in [4.69, 9.17) is 4.74 Å². The lowest BCUT2D eigenvalue weighted by Gasteiger charge is -2.18. The van der Waals surface area contributed by atoms with Crippen molar-refractivity contribution in [2.24, 2.45) is 17.8 Å². The Morgan fingerprint density at radius 1 is 1.15 bits per heavy atom. The minimum absolute atomic E-state index is 0.248. The first-order valence-electron chi connectivity index (χ1n) is 6.71. The van der Waals surface area contributed by atoms with Crippen LogP contribution in [-0.2, 0) is 25.7 Å². The number of piperidine rings is 1. The Hall–Kier alpha value is -2.17. The first-order chi connectivity index (χ1) is 9.65. The molecule has 5 nitrogen and oxygen atoms in total. The summed E-state index contributed by atoms with van der Waals surface area (Å²) in [5.41, 5.74) is 0.906. The van der Waals surface area contributed by atoms with E-state index in [-0.39, 0.29) is 25.0 Å². The summed E-state index contributed by atoms with van der Waals surface area (Å²) in [6.07, 6.45) is 0. The molecule has 104 valence electrons. The maximum Gasteiger partial charge on any atom is 0.310 e. The van der Waals surface area contributed by atoms with Gasteiger partial charge in [-0.15, -0.1) is 0 Å². The maximum absolute atomic E-state index is 12.2. The molecule has 0 bridgehead atoms. The molecule has 0 N–H and O–H groups in total. The fraction of sp³-hybridized carbons (Fsp3) is 0.400. The summed E-state index contributed by atoms with van der Waals surface area (Å²) < 4.78 is 4.89. The fourth-order valence-corrected chi connectivity index (χ4v) is 2.85. The Balaban J connectivity index is 1.70. The van der Waals surface area contributed by atoms with Gasteiger partial charge in [-0.1, -0.05) is 30.3 Å². The highest BCUT2D eigenvalue weighted by Gasteiger charge is 2.70. The molecule has 3 rings (SSSR count). The number of amides is 2. The van der Waals surface area contributed by atoms with Crippen molar-refractivity contribution < 1.29 is 19.1 Å². The van der Waals surface area contributed by atoms with E-state index in [9.17, 15) is 14.4 Å². The van der Waals surface area contributed by atoms with Crippen molar-refractivity contribution in [3.05, 3.63) is 35.9 Å². The molecule has 0 spiro atoms. The number of imide groups is 1. The number of likely N-dealkylation sites (tertiary alicyclic amines) is 1. The van der Waals surface area contributed by atoms with Crippen molar-refractivity contribution in [1.82, 2.24) is 4.90 Å². The molecule has 2 atom stereocenters. The zero-order chi connectivity index (χ0) is 14.3. The average Bonchev–Trinajstić information content (AvgIpc) is 3.15. The third-order valence-electron chi connectivity index (χ3n) is 3.86. The lowest BCUT2D eigenvalue weighted by molar-refractivity contribution is -0.152. The van der Waals surface area contributed by atoms with Gasteiger partial charge in [0.05, 0.1) is 30.9 Å². The topological polar surface area (TPSA) is 63.7 Å². The molecule has 0 unspecified atom stereocenters. The van der Waals surface area contributed by atoms with Crippen LogP contribution in [0.5, 0.6) is 0 Å². The number of rotatable bonds is 4. The van der Waals surface area contributed by atoms with Gasteiger partial charge in [0.25, 0.3) is 0 Å². The second-order valence-corrected chi connectivity index (χ2v) is 5.08.